The van der Waals surface area contributed by atoms with E-state index in [-0.39, 0.29) is 18.1 Å². The lowest BCUT2D eigenvalue weighted by molar-refractivity contribution is -0.121. The molecule has 4 aromatic rings. The minimum atomic E-state index is -0.503. The average molecular weight is 439 g/mol. The topological polar surface area (TPSA) is 73.0 Å². The van der Waals surface area contributed by atoms with Crippen molar-refractivity contribution in [1.29, 1.82) is 0 Å². The van der Waals surface area contributed by atoms with Crippen molar-refractivity contribution in [2.24, 2.45) is 7.05 Å². The van der Waals surface area contributed by atoms with Crippen LogP contribution in [0.3, 0.4) is 0 Å². The summed E-state index contributed by atoms with van der Waals surface area (Å²) in [4.78, 5) is 21.3. The first-order chi connectivity index (χ1) is 15.0. The number of aryl methyl sites for hydroxylation is 2. The highest BCUT2D eigenvalue weighted by Crippen LogP contribution is 2.28. The molecule has 1 unspecified atom stereocenters. The van der Waals surface area contributed by atoms with Crippen molar-refractivity contribution in [3.63, 3.8) is 0 Å². The summed E-state index contributed by atoms with van der Waals surface area (Å²) >= 11 is 6.20. The molecule has 0 spiro atoms. The third-order valence-corrected chi connectivity index (χ3v) is 5.21. The molecule has 1 N–H and O–H groups in total. The largest absolute Gasteiger partial charge is 0.441 e. The molecule has 0 aliphatic carbocycles. The fourth-order valence-electron chi connectivity index (χ4n) is 3.27. The molecule has 0 radical (unpaired) electrons. The van der Waals surface area contributed by atoms with E-state index in [0.717, 1.165) is 11.1 Å². The third-order valence-electron chi connectivity index (χ3n) is 4.88. The smallest absolute Gasteiger partial charge is 0.221 e. The van der Waals surface area contributed by atoms with E-state index in [1.807, 2.05) is 29.8 Å². The Labute approximate surface area is 183 Å². The second-order valence-corrected chi connectivity index (χ2v) is 7.45. The van der Waals surface area contributed by atoms with Crippen LogP contribution in [-0.2, 0) is 18.3 Å². The van der Waals surface area contributed by atoms with Crippen molar-refractivity contribution in [3.8, 4) is 11.3 Å². The molecule has 0 saturated heterocycles. The Balaban J connectivity index is 1.45. The number of oxazole rings is 1. The summed E-state index contributed by atoms with van der Waals surface area (Å²) in [5, 5.41) is 3.55. The molecule has 0 bridgehead atoms. The van der Waals surface area contributed by atoms with Crippen LogP contribution in [-0.4, -0.2) is 20.4 Å². The molecule has 0 saturated carbocycles. The molecule has 1 amide bonds. The molecular weight excluding hydrogens is 419 g/mol. The summed E-state index contributed by atoms with van der Waals surface area (Å²) in [6, 6.07) is 12.8. The molecule has 0 aliphatic rings. The first kappa shape index (κ1) is 20.8. The molecule has 31 heavy (non-hydrogen) atoms. The van der Waals surface area contributed by atoms with E-state index >= 15 is 0 Å². The first-order valence-electron chi connectivity index (χ1n) is 9.73. The normalized spacial score (nSPS) is 12.0. The van der Waals surface area contributed by atoms with Crippen molar-refractivity contribution in [2.75, 3.05) is 0 Å². The van der Waals surface area contributed by atoms with Gasteiger partial charge in [-0.25, -0.2) is 14.4 Å². The van der Waals surface area contributed by atoms with Gasteiger partial charge >= 0.3 is 0 Å². The Hall–Kier alpha value is -3.45. The monoisotopic (exact) mass is 438 g/mol. The van der Waals surface area contributed by atoms with Crippen LogP contribution < -0.4 is 5.32 Å². The second kappa shape index (κ2) is 9.14. The van der Waals surface area contributed by atoms with E-state index in [1.54, 1.807) is 36.8 Å². The standard InChI is InChI=1S/C23H20ClFN4O2/c1-29-13-12-26-23(29)22(15-6-8-16(25)9-7-15)28-20(30)10-11-21-27-14-19(31-21)17-4-2-3-5-18(17)24/h2-9,12-14,22H,10-11H2,1H3,(H,28,30). The number of hydrogen-bond acceptors (Lipinski definition) is 4. The van der Waals surface area contributed by atoms with Gasteiger partial charge in [0.2, 0.25) is 5.91 Å². The van der Waals surface area contributed by atoms with Crippen molar-refractivity contribution in [1.82, 2.24) is 19.9 Å². The number of rotatable bonds is 7. The van der Waals surface area contributed by atoms with Crippen LogP contribution in [0.1, 0.15) is 29.7 Å². The van der Waals surface area contributed by atoms with Crippen LogP contribution in [0.4, 0.5) is 4.39 Å². The Bertz CT molecular complexity index is 1190. The zero-order valence-electron chi connectivity index (χ0n) is 16.8. The van der Waals surface area contributed by atoms with Crippen molar-refractivity contribution >= 4 is 17.5 Å². The Morgan fingerprint density at radius 1 is 1.19 bits per heavy atom. The van der Waals surface area contributed by atoms with Gasteiger partial charge in [0.1, 0.15) is 17.7 Å². The van der Waals surface area contributed by atoms with E-state index in [9.17, 15) is 9.18 Å². The summed E-state index contributed by atoms with van der Waals surface area (Å²) in [7, 11) is 1.84. The SMILES string of the molecule is Cn1ccnc1C(NC(=O)CCc1ncc(-c2ccccc2Cl)o1)c1ccc(F)cc1. The number of carbonyl (C=O) groups is 1. The molecule has 4 rings (SSSR count). The quantitative estimate of drug-likeness (QED) is 0.453. The molecule has 8 heteroatoms. The number of amides is 1. The van der Waals surface area contributed by atoms with Crippen LogP contribution in [0.15, 0.2) is 71.5 Å². The van der Waals surface area contributed by atoms with Gasteiger partial charge in [-0.1, -0.05) is 35.9 Å². The van der Waals surface area contributed by atoms with E-state index in [4.69, 9.17) is 16.0 Å². The van der Waals surface area contributed by atoms with E-state index < -0.39 is 6.04 Å². The Morgan fingerprint density at radius 3 is 2.68 bits per heavy atom. The maximum atomic E-state index is 13.4. The summed E-state index contributed by atoms with van der Waals surface area (Å²) in [6.45, 7) is 0. The number of nitrogens with one attached hydrogen (secondary N) is 1. The van der Waals surface area contributed by atoms with Gasteiger partial charge in [-0.2, -0.15) is 0 Å². The lowest BCUT2D eigenvalue weighted by Crippen LogP contribution is -2.31. The lowest BCUT2D eigenvalue weighted by Gasteiger charge is -2.19. The molecule has 158 valence electrons. The van der Waals surface area contributed by atoms with Gasteiger partial charge in [0, 0.05) is 37.8 Å². The molecule has 2 aromatic heterocycles. The summed E-state index contributed by atoms with van der Waals surface area (Å²) in [6.07, 6.45) is 5.54. The van der Waals surface area contributed by atoms with Gasteiger partial charge in [0.15, 0.2) is 11.7 Å². The van der Waals surface area contributed by atoms with Gasteiger partial charge in [-0.3, -0.25) is 4.79 Å². The predicted octanol–water partition coefficient (Wildman–Crippen LogP) is 4.71. The average Bonchev–Trinajstić information content (AvgIpc) is 3.41. The summed E-state index contributed by atoms with van der Waals surface area (Å²) < 4.78 is 20.9. The zero-order chi connectivity index (χ0) is 21.8. The van der Waals surface area contributed by atoms with Crippen LogP contribution in [0.25, 0.3) is 11.3 Å². The van der Waals surface area contributed by atoms with Crippen LogP contribution in [0.5, 0.6) is 0 Å². The first-order valence-corrected chi connectivity index (χ1v) is 10.1. The number of benzene rings is 2. The molecule has 0 aliphatic heterocycles. The predicted molar refractivity (Wildman–Crippen MR) is 115 cm³/mol. The molecule has 1 atom stereocenters. The van der Waals surface area contributed by atoms with Crippen LogP contribution >= 0.6 is 11.6 Å². The van der Waals surface area contributed by atoms with E-state index in [0.29, 0.717) is 28.9 Å². The molecule has 2 aromatic carbocycles. The minimum absolute atomic E-state index is 0.171. The fraction of sp³-hybridized carbons (Fsp3) is 0.174. The van der Waals surface area contributed by atoms with Crippen LogP contribution in [0.2, 0.25) is 5.02 Å². The highest BCUT2D eigenvalue weighted by molar-refractivity contribution is 6.33. The number of imidazole rings is 1. The van der Waals surface area contributed by atoms with Crippen molar-refractivity contribution in [2.45, 2.75) is 18.9 Å². The number of carbonyl (C=O) groups excluding carboxylic acids is 1. The van der Waals surface area contributed by atoms with Crippen molar-refractivity contribution < 1.29 is 13.6 Å². The van der Waals surface area contributed by atoms with Gasteiger partial charge in [-0.05, 0) is 29.8 Å². The second-order valence-electron chi connectivity index (χ2n) is 7.05. The number of aromatic nitrogens is 3. The minimum Gasteiger partial charge on any atom is -0.441 e. The van der Waals surface area contributed by atoms with Crippen molar-refractivity contribution in [3.05, 3.63) is 95.2 Å². The molecule has 0 fully saturated rings. The van der Waals surface area contributed by atoms with E-state index in [2.05, 4.69) is 15.3 Å². The number of nitrogens with zero attached hydrogens (tertiary/aromatic N) is 3. The van der Waals surface area contributed by atoms with Gasteiger partial charge in [0.25, 0.3) is 0 Å². The molecule has 6 nitrogen and oxygen atoms in total. The maximum absolute atomic E-state index is 13.4. The van der Waals surface area contributed by atoms with Gasteiger partial charge in [0.05, 0.1) is 11.2 Å². The fourth-order valence-corrected chi connectivity index (χ4v) is 3.50. The number of hydrogen-bond donors (Lipinski definition) is 1. The zero-order valence-corrected chi connectivity index (χ0v) is 17.5. The molecular formula is C23H20ClFN4O2. The third kappa shape index (κ3) is 4.83. The molecule has 2 heterocycles. The van der Waals surface area contributed by atoms with Gasteiger partial charge < -0.3 is 14.3 Å². The Morgan fingerprint density at radius 2 is 1.97 bits per heavy atom. The highest BCUT2D eigenvalue weighted by Gasteiger charge is 2.21. The summed E-state index contributed by atoms with van der Waals surface area (Å²) in [5.74, 6) is 1.11. The van der Waals surface area contributed by atoms with E-state index in [1.165, 1.54) is 12.1 Å². The highest BCUT2D eigenvalue weighted by atomic mass is 35.5. The number of halogens is 2. The maximum Gasteiger partial charge on any atom is 0.221 e. The van der Waals surface area contributed by atoms with Gasteiger partial charge in [-0.15, -0.1) is 0 Å². The lowest BCUT2D eigenvalue weighted by atomic mass is 10.1. The van der Waals surface area contributed by atoms with Crippen LogP contribution in [0, 0.1) is 5.82 Å². The Kier molecular flexibility index (Phi) is 6.13. The summed E-state index contributed by atoms with van der Waals surface area (Å²) in [5.41, 5.74) is 1.49.